The van der Waals surface area contributed by atoms with Gasteiger partial charge in [0.1, 0.15) is 0 Å². The van der Waals surface area contributed by atoms with E-state index in [1.165, 1.54) is 12.1 Å². The number of aliphatic hydroxyl groups excluding tert-OH is 1. The summed E-state index contributed by atoms with van der Waals surface area (Å²) in [5.41, 5.74) is 0.301. The molecule has 0 radical (unpaired) electrons. The first kappa shape index (κ1) is 10.6. The minimum Gasteiger partial charge on any atom is -0.396 e. The van der Waals surface area contributed by atoms with E-state index in [0.717, 1.165) is 0 Å². The second-order valence-corrected chi connectivity index (χ2v) is 3.52. The zero-order valence-electron chi connectivity index (χ0n) is 6.86. The number of hydrogen-bond acceptors (Lipinski definition) is 1. The molecule has 4 heteroatoms. The van der Waals surface area contributed by atoms with E-state index in [1.807, 2.05) is 0 Å². The molecule has 1 rings (SSSR count). The molecule has 1 aromatic carbocycles. The van der Waals surface area contributed by atoms with Crippen LogP contribution in [0.4, 0.5) is 8.78 Å². The van der Waals surface area contributed by atoms with Crippen LogP contribution >= 0.6 is 15.9 Å². The Morgan fingerprint density at radius 2 is 1.92 bits per heavy atom. The first-order chi connectivity index (χ1) is 6.16. The Morgan fingerprint density at radius 3 is 2.54 bits per heavy atom. The molecule has 0 fully saturated rings. The summed E-state index contributed by atoms with van der Waals surface area (Å²) in [6, 6.07) is 2.98. The summed E-state index contributed by atoms with van der Waals surface area (Å²) in [5.74, 6) is -1.70. The first-order valence-electron chi connectivity index (χ1n) is 3.90. The maximum absolute atomic E-state index is 13.1. The molecule has 0 aliphatic rings. The van der Waals surface area contributed by atoms with Crippen molar-refractivity contribution in [3.63, 3.8) is 0 Å². The lowest BCUT2D eigenvalue weighted by atomic mass is 10.1. The van der Waals surface area contributed by atoms with Gasteiger partial charge in [0, 0.05) is 6.61 Å². The van der Waals surface area contributed by atoms with Crippen molar-refractivity contribution >= 4 is 15.9 Å². The molecule has 0 heterocycles. The molecule has 0 saturated carbocycles. The summed E-state index contributed by atoms with van der Waals surface area (Å²) in [7, 11) is 0. The van der Waals surface area contributed by atoms with E-state index in [9.17, 15) is 8.78 Å². The second-order valence-electron chi connectivity index (χ2n) is 2.66. The predicted molar refractivity (Wildman–Crippen MR) is 49.5 cm³/mol. The molecule has 1 nitrogen and oxygen atoms in total. The highest BCUT2D eigenvalue weighted by Crippen LogP contribution is 2.21. The largest absolute Gasteiger partial charge is 0.396 e. The van der Waals surface area contributed by atoms with Gasteiger partial charge in [-0.2, -0.15) is 0 Å². The van der Waals surface area contributed by atoms with Gasteiger partial charge in [-0.05, 0) is 40.4 Å². The third kappa shape index (κ3) is 2.48. The van der Waals surface area contributed by atoms with Gasteiger partial charge in [-0.25, -0.2) is 8.78 Å². The average molecular weight is 251 g/mol. The third-order valence-electron chi connectivity index (χ3n) is 1.72. The average Bonchev–Trinajstić information content (AvgIpc) is 2.13. The molecular weight excluding hydrogens is 242 g/mol. The van der Waals surface area contributed by atoms with Gasteiger partial charge < -0.3 is 5.11 Å². The molecule has 1 aromatic rings. The molecule has 0 aromatic heterocycles. The lowest BCUT2D eigenvalue weighted by molar-refractivity contribution is 0.287. The Morgan fingerprint density at radius 1 is 1.23 bits per heavy atom. The van der Waals surface area contributed by atoms with Crippen molar-refractivity contribution in [3.8, 4) is 0 Å². The zero-order valence-corrected chi connectivity index (χ0v) is 8.44. The summed E-state index contributed by atoms with van der Waals surface area (Å²) >= 11 is 2.88. The van der Waals surface area contributed by atoms with Crippen molar-refractivity contribution in [2.24, 2.45) is 0 Å². The molecule has 1 N–H and O–H groups in total. The highest BCUT2D eigenvalue weighted by Gasteiger charge is 2.10. The van der Waals surface area contributed by atoms with Crippen LogP contribution in [0.2, 0.25) is 0 Å². The van der Waals surface area contributed by atoms with Crippen LogP contribution in [-0.4, -0.2) is 11.7 Å². The van der Waals surface area contributed by atoms with Gasteiger partial charge in [-0.3, -0.25) is 0 Å². The van der Waals surface area contributed by atoms with Crippen LogP contribution in [0.15, 0.2) is 16.6 Å². The smallest absolute Gasteiger partial charge is 0.173 e. The van der Waals surface area contributed by atoms with Crippen molar-refractivity contribution in [3.05, 3.63) is 33.8 Å². The minimum atomic E-state index is -0.865. The van der Waals surface area contributed by atoms with Crippen LogP contribution < -0.4 is 0 Å². The molecule has 0 aliphatic carbocycles. The van der Waals surface area contributed by atoms with Crippen LogP contribution in [0.3, 0.4) is 0 Å². The number of hydrogen-bond donors (Lipinski definition) is 1. The van der Waals surface area contributed by atoms with Crippen LogP contribution in [0.1, 0.15) is 12.0 Å². The van der Waals surface area contributed by atoms with Crippen LogP contribution in [0.25, 0.3) is 0 Å². The van der Waals surface area contributed by atoms with E-state index >= 15 is 0 Å². The molecular formula is C9H9BrF2O. The highest BCUT2D eigenvalue weighted by atomic mass is 79.9. The number of rotatable bonds is 3. The number of aryl methyl sites for hydroxylation is 1. The lowest BCUT2D eigenvalue weighted by Crippen LogP contribution is -1.97. The second kappa shape index (κ2) is 4.67. The first-order valence-corrected chi connectivity index (χ1v) is 4.69. The quantitative estimate of drug-likeness (QED) is 0.819. The molecule has 0 saturated heterocycles. The molecule has 72 valence electrons. The van der Waals surface area contributed by atoms with Crippen LogP contribution in [-0.2, 0) is 6.42 Å². The van der Waals surface area contributed by atoms with Gasteiger partial charge in [0.25, 0.3) is 0 Å². The molecule has 0 bridgehead atoms. The number of halogens is 3. The predicted octanol–water partition coefficient (Wildman–Crippen LogP) is 2.65. The van der Waals surface area contributed by atoms with Gasteiger partial charge in [-0.1, -0.05) is 6.07 Å². The fourth-order valence-corrected chi connectivity index (χ4v) is 1.33. The Kier molecular flexibility index (Phi) is 3.81. The van der Waals surface area contributed by atoms with E-state index in [-0.39, 0.29) is 11.1 Å². The Labute approximate surface area is 83.5 Å². The van der Waals surface area contributed by atoms with E-state index in [0.29, 0.717) is 18.4 Å². The zero-order chi connectivity index (χ0) is 9.84. The van der Waals surface area contributed by atoms with Crippen molar-refractivity contribution in [2.75, 3.05) is 6.61 Å². The molecule has 0 atom stereocenters. The van der Waals surface area contributed by atoms with Crippen molar-refractivity contribution < 1.29 is 13.9 Å². The van der Waals surface area contributed by atoms with Gasteiger partial charge in [0.05, 0.1) is 4.47 Å². The minimum absolute atomic E-state index is 0.0167. The monoisotopic (exact) mass is 250 g/mol. The fraction of sp³-hybridized carbons (Fsp3) is 0.333. The molecule has 0 aliphatic heterocycles. The Bertz CT molecular complexity index is 302. The summed E-state index contributed by atoms with van der Waals surface area (Å²) in [5, 5.41) is 8.52. The highest BCUT2D eigenvalue weighted by molar-refractivity contribution is 9.10. The Hall–Kier alpha value is -0.480. The normalized spacial score (nSPS) is 10.5. The lowest BCUT2D eigenvalue weighted by Gasteiger charge is -2.03. The summed E-state index contributed by atoms with van der Waals surface area (Å²) in [6.07, 6.45) is 0.796. The van der Waals surface area contributed by atoms with Crippen LogP contribution in [0, 0.1) is 11.6 Å². The van der Waals surface area contributed by atoms with E-state index in [4.69, 9.17) is 5.11 Å². The maximum atomic E-state index is 13.1. The van der Waals surface area contributed by atoms with Crippen LogP contribution in [0.5, 0.6) is 0 Å². The topological polar surface area (TPSA) is 20.2 Å². The number of aliphatic hydroxyl groups is 1. The van der Waals surface area contributed by atoms with Crippen molar-refractivity contribution in [1.29, 1.82) is 0 Å². The third-order valence-corrected chi connectivity index (χ3v) is 2.33. The fourth-order valence-electron chi connectivity index (χ4n) is 1.03. The van der Waals surface area contributed by atoms with E-state index in [1.54, 1.807) is 0 Å². The summed E-state index contributed by atoms with van der Waals surface area (Å²) in [4.78, 5) is 0. The van der Waals surface area contributed by atoms with Gasteiger partial charge in [0.2, 0.25) is 0 Å². The maximum Gasteiger partial charge on any atom is 0.173 e. The SMILES string of the molecule is OCCCc1ccc(Br)c(F)c1F. The van der Waals surface area contributed by atoms with Crippen molar-refractivity contribution in [1.82, 2.24) is 0 Å². The molecule has 0 amide bonds. The summed E-state index contributed by atoms with van der Waals surface area (Å²) < 4.78 is 26.2. The van der Waals surface area contributed by atoms with Gasteiger partial charge in [-0.15, -0.1) is 0 Å². The van der Waals surface area contributed by atoms with E-state index < -0.39 is 11.6 Å². The molecule has 0 spiro atoms. The Balaban J connectivity index is 2.90. The molecule has 0 unspecified atom stereocenters. The summed E-state index contributed by atoms with van der Waals surface area (Å²) in [6.45, 7) is -0.0167. The standard InChI is InChI=1S/C9H9BrF2O/c10-7-4-3-6(2-1-5-13)8(11)9(7)12/h3-4,13H,1-2,5H2. The number of benzene rings is 1. The van der Waals surface area contributed by atoms with Gasteiger partial charge >= 0.3 is 0 Å². The van der Waals surface area contributed by atoms with Crippen molar-refractivity contribution in [2.45, 2.75) is 12.8 Å². The van der Waals surface area contributed by atoms with E-state index in [2.05, 4.69) is 15.9 Å². The molecule has 13 heavy (non-hydrogen) atoms. The van der Waals surface area contributed by atoms with Gasteiger partial charge in [0.15, 0.2) is 11.6 Å².